The molecule has 32 heavy (non-hydrogen) atoms. The Morgan fingerprint density at radius 3 is 2.19 bits per heavy atom. The number of fused-ring (bicyclic) bond motifs is 5. The minimum absolute atomic E-state index is 0.288. The summed E-state index contributed by atoms with van der Waals surface area (Å²) in [5.74, 6) is 1.06. The van der Waals surface area contributed by atoms with E-state index in [9.17, 15) is 0 Å². The first-order chi connectivity index (χ1) is 15.6. The summed E-state index contributed by atoms with van der Waals surface area (Å²) in [6, 6.07) is 28.4. The molecular weight excluding hydrogens is 392 g/mol. The van der Waals surface area contributed by atoms with Crippen molar-refractivity contribution in [2.45, 2.75) is 26.4 Å². The Kier molecular flexibility index (Phi) is 4.22. The van der Waals surface area contributed by atoms with E-state index in [1.807, 2.05) is 12.3 Å². The average molecular weight is 419 g/mol. The van der Waals surface area contributed by atoms with Crippen molar-refractivity contribution >= 4 is 34.3 Å². The fourth-order valence-electron chi connectivity index (χ4n) is 5.16. The number of aromatic nitrogens is 1. The van der Waals surface area contributed by atoms with Crippen molar-refractivity contribution in [3.63, 3.8) is 0 Å². The van der Waals surface area contributed by atoms with Gasteiger partial charge in [-0.15, -0.1) is 0 Å². The fraction of sp³-hybridized carbons (Fsp3) is 0.179. The molecule has 2 aliphatic rings. The summed E-state index contributed by atoms with van der Waals surface area (Å²) in [5.41, 5.74) is 9.94. The Bertz CT molecular complexity index is 1280. The maximum atomic E-state index is 4.65. The van der Waals surface area contributed by atoms with E-state index in [-0.39, 0.29) is 6.17 Å². The van der Waals surface area contributed by atoms with Gasteiger partial charge in [-0.2, -0.15) is 0 Å². The molecule has 0 saturated heterocycles. The number of rotatable bonds is 3. The van der Waals surface area contributed by atoms with Crippen LogP contribution in [-0.2, 0) is 6.42 Å². The first-order valence-electron chi connectivity index (χ1n) is 11.1. The Balaban J connectivity index is 1.53. The van der Waals surface area contributed by atoms with Crippen LogP contribution in [0.1, 0.15) is 16.7 Å². The van der Waals surface area contributed by atoms with Crippen molar-refractivity contribution in [1.29, 1.82) is 0 Å². The zero-order chi connectivity index (χ0) is 21.8. The van der Waals surface area contributed by atoms with E-state index in [2.05, 4.69) is 113 Å². The molecule has 0 fully saturated rings. The number of aryl methyl sites for hydroxylation is 2. The number of anilines is 6. The average Bonchev–Trinajstić information content (AvgIpc) is 3.32. The van der Waals surface area contributed by atoms with Crippen LogP contribution in [-0.4, -0.2) is 18.2 Å². The molecule has 1 unspecified atom stereocenters. The molecule has 0 N–H and O–H groups in total. The number of nitrogens with zero attached hydrogens (tertiary/aromatic N) is 4. The minimum atomic E-state index is 0.288. The molecule has 0 spiro atoms. The van der Waals surface area contributed by atoms with Gasteiger partial charge in [0.15, 0.2) is 5.82 Å². The van der Waals surface area contributed by atoms with Crippen LogP contribution in [0.15, 0.2) is 85.1 Å². The van der Waals surface area contributed by atoms with Gasteiger partial charge in [0.1, 0.15) is 6.17 Å². The van der Waals surface area contributed by atoms with Crippen LogP contribution in [0.25, 0.3) is 0 Å². The summed E-state index contributed by atoms with van der Waals surface area (Å²) >= 11 is 0. The smallest absolute Gasteiger partial charge is 0.153 e. The third-order valence-electron chi connectivity index (χ3n) is 6.81. The molecule has 1 atom stereocenters. The third kappa shape index (κ3) is 2.72. The van der Waals surface area contributed by atoms with Crippen LogP contribution in [0.2, 0.25) is 0 Å². The molecule has 3 heterocycles. The summed E-state index contributed by atoms with van der Waals surface area (Å²) in [6.07, 6.45) is 3.17. The molecule has 4 nitrogen and oxygen atoms in total. The van der Waals surface area contributed by atoms with Gasteiger partial charge in [0.05, 0.1) is 5.69 Å². The first-order valence-corrected chi connectivity index (χ1v) is 11.1. The molecule has 2 aliphatic heterocycles. The van der Waals surface area contributed by atoms with Crippen molar-refractivity contribution < 1.29 is 0 Å². The SMILES string of the molecule is Cc1ccccc1N(c1ccc2c(c1)N1c3cccnc3N(C)C1C2)c1ccccc1C. The lowest BCUT2D eigenvalue weighted by Crippen LogP contribution is -2.36. The number of benzene rings is 3. The van der Waals surface area contributed by atoms with Gasteiger partial charge in [-0.05, 0) is 66.9 Å². The fourth-order valence-corrected chi connectivity index (χ4v) is 5.16. The van der Waals surface area contributed by atoms with Gasteiger partial charge in [-0.25, -0.2) is 4.98 Å². The lowest BCUT2D eigenvalue weighted by Gasteiger charge is -2.29. The van der Waals surface area contributed by atoms with Gasteiger partial charge in [0.25, 0.3) is 0 Å². The highest BCUT2D eigenvalue weighted by Gasteiger charge is 2.41. The second kappa shape index (κ2) is 7.13. The summed E-state index contributed by atoms with van der Waals surface area (Å²) < 4.78 is 0. The molecule has 1 aromatic heterocycles. The van der Waals surface area contributed by atoms with E-state index >= 15 is 0 Å². The van der Waals surface area contributed by atoms with E-state index in [0.717, 1.165) is 12.2 Å². The predicted molar refractivity (Wildman–Crippen MR) is 133 cm³/mol. The topological polar surface area (TPSA) is 22.6 Å². The van der Waals surface area contributed by atoms with Crippen LogP contribution >= 0.6 is 0 Å². The highest BCUT2D eigenvalue weighted by atomic mass is 15.4. The van der Waals surface area contributed by atoms with Gasteiger partial charge < -0.3 is 14.7 Å². The van der Waals surface area contributed by atoms with Gasteiger partial charge in [0, 0.05) is 42.4 Å². The minimum Gasteiger partial charge on any atom is -0.337 e. The van der Waals surface area contributed by atoms with Crippen LogP contribution < -0.4 is 14.7 Å². The highest BCUT2D eigenvalue weighted by Crippen LogP contribution is 2.50. The molecule has 158 valence electrons. The van der Waals surface area contributed by atoms with Crippen molar-refractivity contribution in [2.24, 2.45) is 0 Å². The van der Waals surface area contributed by atoms with Gasteiger partial charge in [0.2, 0.25) is 0 Å². The van der Waals surface area contributed by atoms with Crippen LogP contribution in [0.3, 0.4) is 0 Å². The van der Waals surface area contributed by atoms with Crippen molar-refractivity contribution in [2.75, 3.05) is 21.7 Å². The summed E-state index contributed by atoms with van der Waals surface area (Å²) in [7, 11) is 2.15. The third-order valence-corrected chi connectivity index (χ3v) is 6.81. The van der Waals surface area contributed by atoms with E-state index < -0.39 is 0 Å². The molecule has 0 saturated carbocycles. The van der Waals surface area contributed by atoms with Crippen LogP contribution in [0.4, 0.5) is 34.3 Å². The summed E-state index contributed by atoms with van der Waals surface area (Å²) in [6.45, 7) is 4.36. The maximum Gasteiger partial charge on any atom is 0.153 e. The quantitative estimate of drug-likeness (QED) is 0.372. The molecule has 0 amide bonds. The lowest BCUT2D eigenvalue weighted by molar-refractivity contribution is 0.699. The molecule has 4 aromatic rings. The van der Waals surface area contributed by atoms with E-state index in [0.29, 0.717) is 0 Å². The number of para-hydroxylation sites is 2. The molecule has 6 rings (SSSR count). The van der Waals surface area contributed by atoms with E-state index in [1.165, 1.54) is 45.1 Å². The lowest BCUT2D eigenvalue weighted by atomic mass is 10.1. The Hall–Kier alpha value is -3.79. The molecule has 4 heteroatoms. The van der Waals surface area contributed by atoms with Gasteiger partial charge in [-0.1, -0.05) is 42.5 Å². The second-order valence-corrected chi connectivity index (χ2v) is 8.73. The monoisotopic (exact) mass is 418 g/mol. The number of likely N-dealkylation sites (N-methyl/N-ethyl adjacent to an activating group) is 1. The standard InChI is InChI=1S/C28H26N4/c1-19-9-4-6-11-23(19)31(24-12-7-5-10-20(24)2)22-15-14-21-17-27-30(3)28-25(13-8-16-29-28)32(27)26(21)18-22/h4-16,18,27H,17H2,1-3H3. The van der Waals surface area contributed by atoms with Crippen molar-refractivity contribution in [3.8, 4) is 0 Å². The summed E-state index contributed by atoms with van der Waals surface area (Å²) in [4.78, 5) is 11.8. The van der Waals surface area contributed by atoms with Crippen LogP contribution in [0, 0.1) is 13.8 Å². The van der Waals surface area contributed by atoms with Crippen molar-refractivity contribution in [3.05, 3.63) is 102 Å². The van der Waals surface area contributed by atoms with E-state index in [1.54, 1.807) is 0 Å². The van der Waals surface area contributed by atoms with Gasteiger partial charge >= 0.3 is 0 Å². The number of pyridine rings is 1. The molecule has 0 bridgehead atoms. The molecule has 3 aromatic carbocycles. The molecular formula is C28H26N4. The summed E-state index contributed by atoms with van der Waals surface area (Å²) in [5, 5.41) is 0. The zero-order valence-corrected chi connectivity index (χ0v) is 18.7. The molecule has 0 aliphatic carbocycles. The second-order valence-electron chi connectivity index (χ2n) is 8.73. The Labute approximate surface area is 189 Å². The van der Waals surface area contributed by atoms with E-state index in [4.69, 9.17) is 0 Å². The van der Waals surface area contributed by atoms with Crippen molar-refractivity contribution in [1.82, 2.24) is 4.98 Å². The maximum absolute atomic E-state index is 4.65. The Morgan fingerprint density at radius 1 is 0.812 bits per heavy atom. The Morgan fingerprint density at radius 2 is 1.50 bits per heavy atom. The predicted octanol–water partition coefficient (Wildman–Crippen LogP) is 6.64. The number of hydrogen-bond acceptors (Lipinski definition) is 4. The van der Waals surface area contributed by atoms with Crippen LogP contribution in [0.5, 0.6) is 0 Å². The first kappa shape index (κ1) is 18.9. The largest absolute Gasteiger partial charge is 0.337 e. The normalized spacial score (nSPS) is 16.0. The zero-order valence-electron chi connectivity index (χ0n) is 18.7. The highest BCUT2D eigenvalue weighted by molar-refractivity contribution is 5.88. The molecule has 0 radical (unpaired) electrons. The number of hydrogen-bond donors (Lipinski definition) is 0. The van der Waals surface area contributed by atoms with Gasteiger partial charge in [-0.3, -0.25) is 0 Å².